The highest BCUT2D eigenvalue weighted by Gasteiger charge is 2.28. The van der Waals surface area contributed by atoms with Gasteiger partial charge in [0.1, 0.15) is 6.04 Å². The smallest absolute Gasteiger partial charge is 0.409 e. The van der Waals surface area contributed by atoms with Crippen molar-refractivity contribution in [3.63, 3.8) is 0 Å². The van der Waals surface area contributed by atoms with E-state index in [1.165, 1.54) is 19.1 Å². The fourth-order valence-corrected chi connectivity index (χ4v) is 1.35. The molecule has 1 N–H and O–H groups in total. The van der Waals surface area contributed by atoms with Crippen molar-refractivity contribution in [3.05, 3.63) is 0 Å². The summed E-state index contributed by atoms with van der Waals surface area (Å²) in [6, 6.07) is -0.451. The summed E-state index contributed by atoms with van der Waals surface area (Å²) in [5, 5.41) is 2.95. The fourth-order valence-electron chi connectivity index (χ4n) is 1.35. The molecule has 1 rings (SSSR count). The van der Waals surface area contributed by atoms with Crippen LogP contribution < -0.4 is 5.32 Å². The third-order valence-corrected chi connectivity index (χ3v) is 2.09. The van der Waals surface area contributed by atoms with E-state index >= 15 is 0 Å². The maximum Gasteiger partial charge on any atom is 0.409 e. The van der Waals surface area contributed by atoms with Crippen molar-refractivity contribution in [2.24, 2.45) is 0 Å². The van der Waals surface area contributed by atoms with Gasteiger partial charge in [0.25, 0.3) is 0 Å². The van der Waals surface area contributed by atoms with Gasteiger partial charge in [0.15, 0.2) is 0 Å². The number of piperazine rings is 1. The van der Waals surface area contributed by atoms with Crippen LogP contribution in [0, 0.1) is 0 Å². The maximum atomic E-state index is 11.2. The third kappa shape index (κ3) is 2.35. The highest BCUT2D eigenvalue weighted by Crippen LogP contribution is 2.02. The highest BCUT2D eigenvalue weighted by molar-refractivity contribution is 5.77. The van der Waals surface area contributed by atoms with Gasteiger partial charge in [-0.05, 0) is 0 Å². The van der Waals surface area contributed by atoms with Crippen LogP contribution in [-0.4, -0.2) is 56.9 Å². The van der Waals surface area contributed by atoms with Crippen LogP contribution in [0.2, 0.25) is 0 Å². The fraction of sp³-hybridized carbons (Fsp3) is 0.750. The van der Waals surface area contributed by atoms with Crippen molar-refractivity contribution in [2.45, 2.75) is 6.04 Å². The molecule has 14 heavy (non-hydrogen) atoms. The Hall–Kier alpha value is -1.30. The molecule has 0 aromatic heterocycles. The average molecular weight is 202 g/mol. The minimum absolute atomic E-state index is 0.291. The molecule has 0 saturated carbocycles. The van der Waals surface area contributed by atoms with Crippen LogP contribution in [-0.2, 0) is 14.3 Å². The van der Waals surface area contributed by atoms with Crippen LogP contribution in [0.25, 0.3) is 0 Å². The molecular formula is C8H14N2O4. The van der Waals surface area contributed by atoms with E-state index in [9.17, 15) is 9.59 Å². The molecule has 1 amide bonds. The highest BCUT2D eigenvalue weighted by atomic mass is 16.5. The van der Waals surface area contributed by atoms with Crippen LogP contribution in [0.5, 0.6) is 0 Å². The zero-order valence-corrected chi connectivity index (χ0v) is 8.28. The van der Waals surface area contributed by atoms with Crippen LogP contribution in [0.4, 0.5) is 4.79 Å². The number of hydrogen-bond acceptors (Lipinski definition) is 5. The van der Waals surface area contributed by atoms with E-state index in [4.69, 9.17) is 0 Å². The van der Waals surface area contributed by atoms with Gasteiger partial charge in [0.05, 0.1) is 20.8 Å². The van der Waals surface area contributed by atoms with Gasteiger partial charge in [-0.25, -0.2) is 4.79 Å². The van der Waals surface area contributed by atoms with Gasteiger partial charge in [0.2, 0.25) is 0 Å². The second-order valence-corrected chi connectivity index (χ2v) is 2.95. The molecule has 0 spiro atoms. The normalized spacial score (nSPS) is 21.6. The summed E-state index contributed by atoms with van der Waals surface area (Å²) in [5.41, 5.74) is 0. The van der Waals surface area contributed by atoms with Crippen molar-refractivity contribution in [1.29, 1.82) is 0 Å². The zero-order chi connectivity index (χ0) is 10.6. The zero-order valence-electron chi connectivity index (χ0n) is 8.28. The number of nitrogens with zero attached hydrogens (tertiary/aromatic N) is 1. The molecular weight excluding hydrogens is 188 g/mol. The summed E-state index contributed by atoms with van der Waals surface area (Å²) in [7, 11) is 2.64. The Morgan fingerprint density at radius 2 is 2.07 bits per heavy atom. The molecule has 0 aromatic rings. The Labute approximate surface area is 82.1 Å². The Balaban J connectivity index is 2.51. The van der Waals surface area contributed by atoms with Gasteiger partial charge in [-0.1, -0.05) is 0 Å². The second kappa shape index (κ2) is 4.80. The Morgan fingerprint density at radius 3 is 2.64 bits per heavy atom. The molecule has 1 saturated heterocycles. The average Bonchev–Trinajstić information content (AvgIpc) is 2.27. The number of nitrogens with one attached hydrogen (secondary N) is 1. The summed E-state index contributed by atoms with van der Waals surface area (Å²) in [4.78, 5) is 23.8. The number of carbonyl (C=O) groups excluding carboxylic acids is 2. The van der Waals surface area contributed by atoms with Gasteiger partial charge in [0, 0.05) is 13.1 Å². The number of rotatable bonds is 1. The molecule has 1 fully saturated rings. The Kier molecular flexibility index (Phi) is 3.70. The molecule has 1 atom stereocenters. The van der Waals surface area contributed by atoms with Gasteiger partial charge < -0.3 is 19.7 Å². The van der Waals surface area contributed by atoms with E-state index in [1.54, 1.807) is 0 Å². The van der Waals surface area contributed by atoms with Gasteiger partial charge >= 0.3 is 12.1 Å². The molecule has 1 aliphatic rings. The number of methoxy groups -OCH3 is 2. The topological polar surface area (TPSA) is 67.9 Å². The van der Waals surface area contributed by atoms with E-state index in [-0.39, 0.29) is 5.97 Å². The minimum Gasteiger partial charge on any atom is -0.468 e. The second-order valence-electron chi connectivity index (χ2n) is 2.95. The molecule has 6 nitrogen and oxygen atoms in total. The Bertz CT molecular complexity index is 209. The summed E-state index contributed by atoms with van der Waals surface area (Å²) in [5.74, 6) is -0.362. The monoisotopic (exact) mass is 202 g/mol. The van der Waals surface area contributed by atoms with Gasteiger partial charge in [-0.2, -0.15) is 0 Å². The van der Waals surface area contributed by atoms with Crippen LogP contribution in [0.15, 0.2) is 0 Å². The number of esters is 1. The van der Waals surface area contributed by atoms with Gasteiger partial charge in [-0.15, -0.1) is 0 Å². The predicted octanol–water partition coefficient (Wildman–Crippen LogP) is -0.800. The van der Waals surface area contributed by atoms with Crippen molar-refractivity contribution in [2.75, 3.05) is 33.9 Å². The molecule has 1 heterocycles. The number of amides is 1. The molecule has 1 aliphatic heterocycles. The maximum absolute atomic E-state index is 11.2. The third-order valence-electron chi connectivity index (χ3n) is 2.09. The number of carbonyl (C=O) groups is 2. The first-order valence-electron chi connectivity index (χ1n) is 4.33. The molecule has 0 radical (unpaired) electrons. The first-order chi connectivity index (χ1) is 6.69. The Morgan fingerprint density at radius 1 is 1.36 bits per heavy atom. The molecule has 0 aliphatic carbocycles. The lowest BCUT2D eigenvalue weighted by Gasteiger charge is -2.30. The summed E-state index contributed by atoms with van der Waals surface area (Å²) < 4.78 is 9.13. The number of ether oxygens (including phenoxy) is 2. The van der Waals surface area contributed by atoms with E-state index in [1.807, 2.05) is 0 Å². The largest absolute Gasteiger partial charge is 0.468 e. The first-order valence-corrected chi connectivity index (χ1v) is 4.33. The lowest BCUT2D eigenvalue weighted by atomic mass is 10.2. The van der Waals surface area contributed by atoms with Crippen molar-refractivity contribution < 1.29 is 19.1 Å². The summed E-state index contributed by atoms with van der Waals surface area (Å²) in [6.45, 7) is 1.40. The van der Waals surface area contributed by atoms with E-state index < -0.39 is 12.1 Å². The van der Waals surface area contributed by atoms with E-state index in [2.05, 4.69) is 14.8 Å². The quantitative estimate of drug-likeness (QED) is 0.564. The lowest BCUT2D eigenvalue weighted by molar-refractivity contribution is -0.144. The lowest BCUT2D eigenvalue weighted by Crippen LogP contribution is -2.56. The molecule has 80 valence electrons. The SMILES string of the molecule is COC(=O)C1CN(C(=O)OC)CCN1. The van der Waals surface area contributed by atoms with Crippen LogP contribution >= 0.6 is 0 Å². The summed E-state index contributed by atoms with van der Waals surface area (Å²) in [6.07, 6.45) is -0.416. The van der Waals surface area contributed by atoms with E-state index in [0.717, 1.165) is 0 Å². The van der Waals surface area contributed by atoms with Crippen molar-refractivity contribution in [1.82, 2.24) is 10.2 Å². The van der Waals surface area contributed by atoms with Crippen LogP contribution in [0.1, 0.15) is 0 Å². The molecule has 1 unspecified atom stereocenters. The minimum atomic E-state index is -0.451. The predicted molar refractivity (Wildman–Crippen MR) is 47.8 cm³/mol. The molecule has 6 heteroatoms. The first kappa shape index (κ1) is 10.8. The summed E-state index contributed by atoms with van der Waals surface area (Å²) >= 11 is 0. The van der Waals surface area contributed by atoms with E-state index in [0.29, 0.717) is 19.6 Å². The molecule has 0 aromatic carbocycles. The van der Waals surface area contributed by atoms with Crippen molar-refractivity contribution in [3.8, 4) is 0 Å². The van der Waals surface area contributed by atoms with Gasteiger partial charge in [-0.3, -0.25) is 4.79 Å². The van der Waals surface area contributed by atoms with Crippen molar-refractivity contribution >= 4 is 12.1 Å². The standard InChI is InChI=1S/C8H14N2O4/c1-13-7(11)6-5-10(4-3-9-6)8(12)14-2/h6,9H,3-5H2,1-2H3. The van der Waals surface area contributed by atoms with Crippen LogP contribution in [0.3, 0.4) is 0 Å². The molecule has 0 bridgehead atoms. The number of hydrogen-bond donors (Lipinski definition) is 1.